The van der Waals surface area contributed by atoms with Gasteiger partial charge in [-0.15, -0.1) is 21.5 Å². The number of nitrogens with zero attached hydrogens (tertiary/aromatic N) is 5. The van der Waals surface area contributed by atoms with Crippen LogP contribution in [0.5, 0.6) is 0 Å². The van der Waals surface area contributed by atoms with E-state index in [1.54, 1.807) is 0 Å². The predicted octanol–water partition coefficient (Wildman–Crippen LogP) is 3.90. The highest BCUT2D eigenvalue weighted by Gasteiger charge is 2.13. The molecule has 0 radical (unpaired) electrons. The number of hydrogen-bond donors (Lipinski definition) is 1. The molecule has 0 spiro atoms. The van der Waals surface area contributed by atoms with Crippen LogP contribution in [0.3, 0.4) is 0 Å². The number of anilines is 1. The summed E-state index contributed by atoms with van der Waals surface area (Å²) >= 11 is 2.73. The Labute approximate surface area is 170 Å². The maximum Gasteiger partial charge on any atom is 0.236 e. The second-order valence-electron chi connectivity index (χ2n) is 6.36. The summed E-state index contributed by atoms with van der Waals surface area (Å²) in [4.78, 5) is 21.3. The Morgan fingerprint density at radius 3 is 2.71 bits per heavy atom. The van der Waals surface area contributed by atoms with E-state index in [9.17, 15) is 4.79 Å². The third kappa shape index (κ3) is 3.90. The van der Waals surface area contributed by atoms with Crippen LogP contribution in [-0.2, 0) is 4.79 Å². The highest BCUT2D eigenvalue weighted by atomic mass is 32.2. The Bertz CT molecular complexity index is 1150. The van der Waals surface area contributed by atoms with Crippen molar-refractivity contribution in [1.82, 2.24) is 24.6 Å². The summed E-state index contributed by atoms with van der Waals surface area (Å²) in [6, 6.07) is 10.0. The lowest BCUT2D eigenvalue weighted by Crippen LogP contribution is -2.14. The van der Waals surface area contributed by atoms with E-state index in [4.69, 9.17) is 0 Å². The molecule has 0 aliphatic carbocycles. The van der Waals surface area contributed by atoms with Crippen LogP contribution in [0.4, 0.5) is 5.13 Å². The van der Waals surface area contributed by atoms with Gasteiger partial charge in [-0.3, -0.25) is 9.20 Å². The number of nitrogens with one attached hydrogen (secondary N) is 1. The molecule has 0 aliphatic rings. The molecule has 4 rings (SSSR count). The molecule has 3 aromatic heterocycles. The minimum atomic E-state index is -0.135. The molecule has 0 bridgehead atoms. The summed E-state index contributed by atoms with van der Waals surface area (Å²) in [5, 5.41) is 14.4. The second kappa shape index (κ2) is 7.69. The van der Waals surface area contributed by atoms with Gasteiger partial charge in [0, 0.05) is 22.7 Å². The van der Waals surface area contributed by atoms with Crippen molar-refractivity contribution < 1.29 is 4.79 Å². The number of benzene rings is 1. The third-order valence-corrected chi connectivity index (χ3v) is 5.78. The van der Waals surface area contributed by atoms with E-state index < -0.39 is 0 Å². The number of rotatable bonds is 5. The summed E-state index contributed by atoms with van der Waals surface area (Å²) in [5.41, 5.74) is 4.71. The van der Waals surface area contributed by atoms with E-state index in [1.807, 2.05) is 60.9 Å². The van der Waals surface area contributed by atoms with Gasteiger partial charge < -0.3 is 5.32 Å². The molecule has 1 N–H and O–H groups in total. The van der Waals surface area contributed by atoms with Gasteiger partial charge in [-0.05, 0) is 20.8 Å². The standard InChI is InChI=1S/C19H18N6OS2/c1-11-4-6-14(7-5-11)15-9-27-18(21-15)22-17(26)10-28-19-24-23-16-8-12(2)20-13(3)25(16)19/h4-9H,10H2,1-3H3,(H,21,22,26). The van der Waals surface area contributed by atoms with Crippen molar-refractivity contribution in [1.29, 1.82) is 0 Å². The van der Waals surface area contributed by atoms with E-state index >= 15 is 0 Å². The average Bonchev–Trinajstić information content (AvgIpc) is 3.27. The molecule has 3 heterocycles. The highest BCUT2D eigenvalue weighted by Crippen LogP contribution is 2.25. The molecule has 0 saturated heterocycles. The largest absolute Gasteiger partial charge is 0.301 e. The Balaban J connectivity index is 1.41. The van der Waals surface area contributed by atoms with Crippen molar-refractivity contribution in [2.45, 2.75) is 25.9 Å². The fourth-order valence-corrected chi connectivity index (χ4v) is 4.29. The summed E-state index contributed by atoms with van der Waals surface area (Å²) in [6.07, 6.45) is 0. The first-order valence-corrected chi connectivity index (χ1v) is 10.5. The molecule has 0 aliphatic heterocycles. The first-order valence-electron chi connectivity index (χ1n) is 8.64. The lowest BCUT2D eigenvalue weighted by Gasteiger charge is -2.04. The molecule has 142 valence electrons. The minimum Gasteiger partial charge on any atom is -0.301 e. The number of aryl methyl sites for hydroxylation is 3. The van der Waals surface area contributed by atoms with E-state index in [-0.39, 0.29) is 11.7 Å². The second-order valence-corrected chi connectivity index (χ2v) is 8.16. The van der Waals surface area contributed by atoms with Gasteiger partial charge in [-0.25, -0.2) is 9.97 Å². The molecule has 4 aromatic rings. The smallest absolute Gasteiger partial charge is 0.236 e. The van der Waals surface area contributed by atoms with Gasteiger partial charge in [0.2, 0.25) is 5.91 Å². The third-order valence-electron chi connectivity index (χ3n) is 4.09. The van der Waals surface area contributed by atoms with E-state index in [1.165, 1.54) is 28.7 Å². The zero-order valence-electron chi connectivity index (χ0n) is 15.6. The Kier molecular flexibility index (Phi) is 5.10. The monoisotopic (exact) mass is 410 g/mol. The van der Waals surface area contributed by atoms with E-state index in [0.29, 0.717) is 10.3 Å². The normalized spacial score (nSPS) is 11.1. The molecule has 0 atom stereocenters. The molecule has 9 heteroatoms. The van der Waals surface area contributed by atoms with Gasteiger partial charge in [0.15, 0.2) is 15.9 Å². The molecule has 28 heavy (non-hydrogen) atoms. The van der Waals surface area contributed by atoms with Gasteiger partial charge in [0.25, 0.3) is 0 Å². The van der Waals surface area contributed by atoms with Gasteiger partial charge in [-0.2, -0.15) is 0 Å². The molecule has 1 aromatic carbocycles. The van der Waals surface area contributed by atoms with Crippen molar-refractivity contribution in [2.75, 3.05) is 11.1 Å². The van der Waals surface area contributed by atoms with Crippen LogP contribution in [0.1, 0.15) is 17.1 Å². The lowest BCUT2D eigenvalue weighted by molar-refractivity contribution is -0.113. The first kappa shape index (κ1) is 18.6. The highest BCUT2D eigenvalue weighted by molar-refractivity contribution is 7.99. The summed E-state index contributed by atoms with van der Waals surface area (Å²) < 4.78 is 1.85. The van der Waals surface area contributed by atoms with Gasteiger partial charge in [0.1, 0.15) is 5.82 Å². The quantitative estimate of drug-likeness (QED) is 0.502. The van der Waals surface area contributed by atoms with Crippen molar-refractivity contribution in [3.8, 4) is 11.3 Å². The average molecular weight is 411 g/mol. The fourth-order valence-electron chi connectivity index (χ4n) is 2.77. The van der Waals surface area contributed by atoms with Crippen molar-refractivity contribution in [3.05, 3.63) is 52.8 Å². The molecule has 0 unspecified atom stereocenters. The maximum atomic E-state index is 12.3. The number of thioether (sulfide) groups is 1. The number of fused-ring (bicyclic) bond motifs is 1. The molecular formula is C19H18N6OS2. The predicted molar refractivity (Wildman–Crippen MR) is 112 cm³/mol. The SMILES string of the molecule is Cc1ccc(-c2csc(NC(=O)CSc3nnc4cc(C)nc(C)n34)n2)cc1. The number of aromatic nitrogens is 5. The summed E-state index contributed by atoms with van der Waals surface area (Å²) in [6.45, 7) is 5.86. The summed E-state index contributed by atoms with van der Waals surface area (Å²) in [7, 11) is 0. The Morgan fingerprint density at radius 1 is 1.14 bits per heavy atom. The zero-order valence-corrected chi connectivity index (χ0v) is 17.3. The van der Waals surface area contributed by atoms with Crippen molar-refractivity contribution in [2.24, 2.45) is 0 Å². The Morgan fingerprint density at radius 2 is 1.93 bits per heavy atom. The number of carbonyl (C=O) groups is 1. The first-order chi connectivity index (χ1) is 13.5. The maximum absolute atomic E-state index is 12.3. The number of hydrogen-bond acceptors (Lipinski definition) is 7. The van der Waals surface area contributed by atoms with Gasteiger partial charge in [0.05, 0.1) is 11.4 Å². The fraction of sp³-hybridized carbons (Fsp3) is 0.211. The lowest BCUT2D eigenvalue weighted by atomic mass is 10.1. The molecular weight excluding hydrogens is 392 g/mol. The van der Waals surface area contributed by atoms with Crippen LogP contribution in [0.2, 0.25) is 0 Å². The number of amides is 1. The van der Waals surface area contributed by atoms with Gasteiger partial charge in [-0.1, -0.05) is 41.6 Å². The number of carbonyl (C=O) groups excluding carboxylic acids is 1. The summed E-state index contributed by atoms with van der Waals surface area (Å²) in [5.74, 6) is 0.878. The number of thiazole rings is 1. The van der Waals surface area contributed by atoms with E-state index in [2.05, 4.69) is 25.5 Å². The molecule has 0 saturated carbocycles. The van der Waals surface area contributed by atoms with Crippen molar-refractivity contribution >= 4 is 39.8 Å². The minimum absolute atomic E-state index is 0.135. The van der Waals surface area contributed by atoms with Crippen LogP contribution in [0.15, 0.2) is 40.9 Å². The van der Waals surface area contributed by atoms with Crippen LogP contribution >= 0.6 is 23.1 Å². The van der Waals surface area contributed by atoms with Crippen molar-refractivity contribution in [3.63, 3.8) is 0 Å². The Hall–Kier alpha value is -2.78. The molecule has 1 amide bonds. The van der Waals surface area contributed by atoms with Crippen LogP contribution in [-0.4, -0.2) is 36.2 Å². The topological polar surface area (TPSA) is 85.1 Å². The molecule has 7 nitrogen and oxygen atoms in total. The van der Waals surface area contributed by atoms with Crippen LogP contribution in [0, 0.1) is 20.8 Å². The van der Waals surface area contributed by atoms with Crippen LogP contribution in [0.25, 0.3) is 16.9 Å². The molecule has 0 fully saturated rings. The zero-order chi connectivity index (χ0) is 19.7. The van der Waals surface area contributed by atoms with Crippen LogP contribution < -0.4 is 5.32 Å². The van der Waals surface area contributed by atoms with E-state index in [0.717, 1.165) is 28.4 Å². The van der Waals surface area contributed by atoms with Gasteiger partial charge >= 0.3 is 0 Å².